The Bertz CT molecular complexity index is 204. The molecule has 0 spiro atoms. The highest BCUT2D eigenvalue weighted by Gasteiger charge is 2.21. The fourth-order valence-electron chi connectivity index (χ4n) is 2.30. The van der Waals surface area contributed by atoms with Crippen LogP contribution in [0, 0.1) is 11.8 Å². The molecule has 1 N–H and O–H groups in total. The molecule has 88 valence electrons. The molecule has 1 aliphatic heterocycles. The molecule has 15 heavy (non-hydrogen) atoms. The molecule has 0 aromatic heterocycles. The molecule has 1 unspecified atom stereocenters. The number of carbonyl (C=O) groups is 1. The quantitative estimate of drug-likeness (QED) is 0.768. The SMILES string of the molecule is CNCC(=O)N1CCCC(C(C)C)CC1. The summed E-state index contributed by atoms with van der Waals surface area (Å²) < 4.78 is 0. The summed E-state index contributed by atoms with van der Waals surface area (Å²) in [6, 6.07) is 0. The van der Waals surface area contributed by atoms with E-state index in [0.717, 1.165) is 31.3 Å². The molecule has 1 fully saturated rings. The summed E-state index contributed by atoms with van der Waals surface area (Å²) in [6.45, 7) is 6.95. The van der Waals surface area contributed by atoms with E-state index in [9.17, 15) is 4.79 Å². The second kappa shape index (κ2) is 6.11. The molecule has 1 rings (SSSR count). The van der Waals surface area contributed by atoms with E-state index in [1.165, 1.54) is 12.8 Å². The molecule has 0 radical (unpaired) electrons. The monoisotopic (exact) mass is 212 g/mol. The predicted octanol–water partition coefficient (Wildman–Crippen LogP) is 1.49. The minimum absolute atomic E-state index is 0.252. The number of nitrogens with one attached hydrogen (secondary N) is 1. The third-order valence-corrected chi connectivity index (χ3v) is 3.40. The van der Waals surface area contributed by atoms with Crippen LogP contribution < -0.4 is 5.32 Å². The molecule has 1 saturated heterocycles. The van der Waals surface area contributed by atoms with Crippen molar-refractivity contribution in [2.24, 2.45) is 11.8 Å². The van der Waals surface area contributed by atoms with Crippen LogP contribution in [0.3, 0.4) is 0 Å². The zero-order chi connectivity index (χ0) is 11.3. The zero-order valence-corrected chi connectivity index (χ0v) is 10.3. The van der Waals surface area contributed by atoms with E-state index in [-0.39, 0.29) is 5.91 Å². The molecule has 1 aliphatic rings. The van der Waals surface area contributed by atoms with Crippen LogP contribution in [0.25, 0.3) is 0 Å². The molecule has 1 atom stereocenters. The maximum atomic E-state index is 11.7. The Morgan fingerprint density at radius 2 is 2.13 bits per heavy atom. The van der Waals surface area contributed by atoms with Crippen LogP contribution in [0.5, 0.6) is 0 Å². The first-order valence-electron chi connectivity index (χ1n) is 6.07. The van der Waals surface area contributed by atoms with Crippen LogP contribution in [-0.2, 0) is 4.79 Å². The van der Waals surface area contributed by atoms with E-state index in [0.29, 0.717) is 6.54 Å². The van der Waals surface area contributed by atoms with Crippen molar-refractivity contribution < 1.29 is 4.79 Å². The predicted molar refractivity (Wildman–Crippen MR) is 62.7 cm³/mol. The summed E-state index contributed by atoms with van der Waals surface area (Å²) in [7, 11) is 1.83. The van der Waals surface area contributed by atoms with E-state index in [1.54, 1.807) is 0 Å². The minimum Gasteiger partial charge on any atom is -0.342 e. The first-order valence-corrected chi connectivity index (χ1v) is 6.07. The van der Waals surface area contributed by atoms with E-state index in [4.69, 9.17) is 0 Å². The third kappa shape index (κ3) is 3.82. The lowest BCUT2D eigenvalue weighted by Crippen LogP contribution is -2.37. The lowest BCUT2D eigenvalue weighted by Gasteiger charge is -2.21. The Kier molecular flexibility index (Phi) is 5.09. The van der Waals surface area contributed by atoms with Gasteiger partial charge in [0.05, 0.1) is 6.54 Å². The number of hydrogen-bond donors (Lipinski definition) is 1. The fourth-order valence-corrected chi connectivity index (χ4v) is 2.30. The minimum atomic E-state index is 0.252. The molecular weight excluding hydrogens is 188 g/mol. The Labute approximate surface area is 93.2 Å². The highest BCUT2D eigenvalue weighted by molar-refractivity contribution is 5.78. The van der Waals surface area contributed by atoms with E-state index in [2.05, 4.69) is 19.2 Å². The van der Waals surface area contributed by atoms with Crippen LogP contribution in [-0.4, -0.2) is 37.5 Å². The second-order valence-electron chi connectivity index (χ2n) is 4.85. The van der Waals surface area contributed by atoms with Gasteiger partial charge in [0.15, 0.2) is 0 Å². The van der Waals surface area contributed by atoms with Crippen molar-refractivity contribution in [3.05, 3.63) is 0 Å². The lowest BCUT2D eigenvalue weighted by molar-refractivity contribution is -0.130. The number of rotatable bonds is 3. The lowest BCUT2D eigenvalue weighted by atomic mass is 9.89. The van der Waals surface area contributed by atoms with Crippen LogP contribution in [0.15, 0.2) is 0 Å². The smallest absolute Gasteiger partial charge is 0.236 e. The van der Waals surface area contributed by atoms with Crippen LogP contribution in [0.4, 0.5) is 0 Å². The summed E-state index contributed by atoms with van der Waals surface area (Å²) in [6.07, 6.45) is 3.62. The molecule has 0 saturated carbocycles. The van der Waals surface area contributed by atoms with Gasteiger partial charge in [0.25, 0.3) is 0 Å². The van der Waals surface area contributed by atoms with Gasteiger partial charge >= 0.3 is 0 Å². The molecule has 0 bridgehead atoms. The van der Waals surface area contributed by atoms with E-state index in [1.807, 2.05) is 11.9 Å². The van der Waals surface area contributed by atoms with Crippen molar-refractivity contribution in [1.82, 2.24) is 10.2 Å². The molecular formula is C12H24N2O. The van der Waals surface area contributed by atoms with Gasteiger partial charge in [-0.2, -0.15) is 0 Å². The summed E-state index contributed by atoms with van der Waals surface area (Å²) in [5.41, 5.74) is 0. The van der Waals surface area contributed by atoms with E-state index < -0.39 is 0 Å². The molecule has 3 heteroatoms. The van der Waals surface area contributed by atoms with Gasteiger partial charge in [-0.15, -0.1) is 0 Å². The Morgan fingerprint density at radius 3 is 2.73 bits per heavy atom. The van der Waals surface area contributed by atoms with Crippen molar-refractivity contribution in [2.75, 3.05) is 26.7 Å². The molecule has 1 amide bonds. The standard InChI is InChI=1S/C12H24N2O/c1-10(2)11-5-4-7-14(8-6-11)12(15)9-13-3/h10-11,13H,4-9H2,1-3H3. The molecule has 0 aliphatic carbocycles. The number of hydrogen-bond acceptors (Lipinski definition) is 2. The average Bonchev–Trinajstić information content (AvgIpc) is 2.43. The molecule has 0 aromatic carbocycles. The van der Waals surface area contributed by atoms with Crippen molar-refractivity contribution in [3.8, 4) is 0 Å². The van der Waals surface area contributed by atoms with Gasteiger partial charge in [-0.3, -0.25) is 4.79 Å². The Hall–Kier alpha value is -0.570. The largest absolute Gasteiger partial charge is 0.342 e. The maximum absolute atomic E-state index is 11.7. The average molecular weight is 212 g/mol. The van der Waals surface area contributed by atoms with Gasteiger partial charge < -0.3 is 10.2 Å². The first-order chi connectivity index (χ1) is 7.15. The highest BCUT2D eigenvalue weighted by Crippen LogP contribution is 2.24. The summed E-state index contributed by atoms with van der Waals surface area (Å²) in [5.74, 6) is 1.81. The number of carbonyl (C=O) groups excluding carboxylic acids is 1. The van der Waals surface area contributed by atoms with Gasteiger partial charge in [0.1, 0.15) is 0 Å². The van der Waals surface area contributed by atoms with Crippen LogP contribution in [0.1, 0.15) is 33.1 Å². The van der Waals surface area contributed by atoms with Crippen molar-refractivity contribution in [3.63, 3.8) is 0 Å². The van der Waals surface area contributed by atoms with Crippen LogP contribution in [0.2, 0.25) is 0 Å². The van der Waals surface area contributed by atoms with E-state index >= 15 is 0 Å². The Balaban J connectivity index is 2.42. The summed E-state index contributed by atoms with van der Waals surface area (Å²) >= 11 is 0. The maximum Gasteiger partial charge on any atom is 0.236 e. The van der Waals surface area contributed by atoms with Gasteiger partial charge in [-0.1, -0.05) is 13.8 Å². The van der Waals surface area contributed by atoms with Crippen molar-refractivity contribution >= 4 is 5.91 Å². The van der Waals surface area contributed by atoms with Crippen molar-refractivity contribution in [1.29, 1.82) is 0 Å². The Morgan fingerprint density at radius 1 is 1.40 bits per heavy atom. The molecule has 0 aromatic rings. The number of nitrogens with zero attached hydrogens (tertiary/aromatic N) is 1. The fraction of sp³-hybridized carbons (Fsp3) is 0.917. The van der Waals surface area contributed by atoms with Crippen LogP contribution >= 0.6 is 0 Å². The van der Waals surface area contributed by atoms with Crippen molar-refractivity contribution in [2.45, 2.75) is 33.1 Å². The molecule has 1 heterocycles. The number of likely N-dealkylation sites (N-methyl/N-ethyl adjacent to an activating group) is 1. The summed E-state index contributed by atoms with van der Waals surface area (Å²) in [5, 5.41) is 2.93. The third-order valence-electron chi connectivity index (χ3n) is 3.40. The topological polar surface area (TPSA) is 32.3 Å². The van der Waals surface area contributed by atoms with Gasteiger partial charge in [0, 0.05) is 13.1 Å². The summed E-state index contributed by atoms with van der Waals surface area (Å²) in [4.78, 5) is 13.7. The zero-order valence-electron chi connectivity index (χ0n) is 10.3. The molecule has 3 nitrogen and oxygen atoms in total. The normalized spacial score (nSPS) is 22.9. The number of likely N-dealkylation sites (tertiary alicyclic amines) is 1. The second-order valence-corrected chi connectivity index (χ2v) is 4.85. The number of amides is 1. The van der Waals surface area contributed by atoms with Gasteiger partial charge in [0.2, 0.25) is 5.91 Å². The highest BCUT2D eigenvalue weighted by atomic mass is 16.2. The first kappa shape index (κ1) is 12.5. The van der Waals surface area contributed by atoms with Gasteiger partial charge in [-0.05, 0) is 38.1 Å². The van der Waals surface area contributed by atoms with Gasteiger partial charge in [-0.25, -0.2) is 0 Å².